The van der Waals surface area contributed by atoms with Gasteiger partial charge in [-0.15, -0.1) is 0 Å². The van der Waals surface area contributed by atoms with Crippen LogP contribution in [0.4, 0.5) is 11.4 Å². The van der Waals surface area contributed by atoms with Gasteiger partial charge in [-0.2, -0.15) is 0 Å². The zero-order valence-corrected chi connectivity index (χ0v) is 12.3. The van der Waals surface area contributed by atoms with Gasteiger partial charge in [-0.05, 0) is 55.2 Å². The quantitative estimate of drug-likeness (QED) is 0.909. The molecule has 1 aliphatic rings. The van der Waals surface area contributed by atoms with Gasteiger partial charge in [-0.3, -0.25) is 4.79 Å². The van der Waals surface area contributed by atoms with E-state index in [0.717, 1.165) is 42.7 Å². The minimum absolute atomic E-state index is 0.0898. The molecule has 21 heavy (non-hydrogen) atoms. The van der Waals surface area contributed by atoms with Gasteiger partial charge in [0.25, 0.3) is 5.91 Å². The van der Waals surface area contributed by atoms with Crippen molar-refractivity contribution in [2.24, 2.45) is 0 Å². The first-order valence-electron chi connectivity index (χ1n) is 7.47. The molecule has 3 heteroatoms. The largest absolute Gasteiger partial charge is 0.388 e. The summed E-state index contributed by atoms with van der Waals surface area (Å²) in [7, 11) is 1.88. The highest BCUT2D eigenvalue weighted by atomic mass is 16.2. The molecule has 1 N–H and O–H groups in total. The van der Waals surface area contributed by atoms with Gasteiger partial charge in [0, 0.05) is 30.5 Å². The predicted molar refractivity (Wildman–Crippen MR) is 87.0 cm³/mol. The molecule has 108 valence electrons. The fourth-order valence-electron chi connectivity index (χ4n) is 2.84. The summed E-state index contributed by atoms with van der Waals surface area (Å²) in [5.74, 6) is 0.0898. The van der Waals surface area contributed by atoms with E-state index >= 15 is 0 Å². The van der Waals surface area contributed by atoms with Crippen molar-refractivity contribution in [3.8, 4) is 0 Å². The summed E-state index contributed by atoms with van der Waals surface area (Å²) in [5, 5.41) is 3.07. The molecule has 0 aliphatic carbocycles. The lowest BCUT2D eigenvalue weighted by Gasteiger charge is -2.23. The first-order valence-corrected chi connectivity index (χ1v) is 7.47. The molecule has 0 saturated heterocycles. The van der Waals surface area contributed by atoms with Gasteiger partial charge in [0.2, 0.25) is 0 Å². The van der Waals surface area contributed by atoms with E-state index in [1.54, 1.807) is 0 Å². The Balaban J connectivity index is 1.93. The molecule has 0 aromatic heterocycles. The van der Waals surface area contributed by atoms with Crippen LogP contribution in [0.15, 0.2) is 48.5 Å². The van der Waals surface area contributed by atoms with Gasteiger partial charge < -0.3 is 10.2 Å². The van der Waals surface area contributed by atoms with Crippen molar-refractivity contribution in [2.75, 3.05) is 23.8 Å². The summed E-state index contributed by atoms with van der Waals surface area (Å²) >= 11 is 0. The Morgan fingerprint density at radius 1 is 1.05 bits per heavy atom. The van der Waals surface area contributed by atoms with Crippen molar-refractivity contribution in [1.82, 2.24) is 0 Å². The van der Waals surface area contributed by atoms with Gasteiger partial charge in [-0.25, -0.2) is 0 Å². The number of nitrogens with one attached hydrogen (secondary N) is 1. The number of rotatable bonds is 2. The Labute approximate surface area is 125 Å². The summed E-state index contributed by atoms with van der Waals surface area (Å²) in [6.45, 7) is 0.795. The third-order valence-electron chi connectivity index (χ3n) is 4.03. The molecule has 2 aromatic rings. The van der Waals surface area contributed by atoms with E-state index in [1.165, 1.54) is 5.56 Å². The number of hydrogen-bond acceptors (Lipinski definition) is 2. The van der Waals surface area contributed by atoms with Gasteiger partial charge >= 0.3 is 0 Å². The maximum atomic E-state index is 12.8. The number of hydrogen-bond donors (Lipinski definition) is 1. The second-order valence-corrected chi connectivity index (χ2v) is 5.37. The second kappa shape index (κ2) is 6.00. The number of aryl methyl sites for hydroxylation is 1. The maximum Gasteiger partial charge on any atom is 0.258 e. The number of fused-ring (bicyclic) bond motifs is 1. The average molecular weight is 280 g/mol. The van der Waals surface area contributed by atoms with Gasteiger partial charge in [0.05, 0.1) is 0 Å². The van der Waals surface area contributed by atoms with Gasteiger partial charge in [-0.1, -0.05) is 18.2 Å². The van der Waals surface area contributed by atoms with Crippen molar-refractivity contribution in [3.05, 3.63) is 59.7 Å². The van der Waals surface area contributed by atoms with E-state index < -0.39 is 0 Å². The first kappa shape index (κ1) is 13.7. The van der Waals surface area contributed by atoms with Crippen LogP contribution in [0, 0.1) is 0 Å². The number of benzene rings is 2. The van der Waals surface area contributed by atoms with E-state index in [4.69, 9.17) is 0 Å². The van der Waals surface area contributed by atoms with Crippen LogP contribution in [-0.2, 0) is 6.42 Å². The number of amides is 1. The highest BCUT2D eigenvalue weighted by molar-refractivity contribution is 6.06. The second-order valence-electron chi connectivity index (χ2n) is 5.37. The van der Waals surface area contributed by atoms with Crippen LogP contribution in [0.25, 0.3) is 0 Å². The van der Waals surface area contributed by atoms with E-state index in [0.29, 0.717) is 0 Å². The molecule has 2 aromatic carbocycles. The first-order chi connectivity index (χ1) is 10.3. The fraction of sp³-hybridized carbons (Fsp3) is 0.278. The van der Waals surface area contributed by atoms with Crippen LogP contribution in [0.5, 0.6) is 0 Å². The minimum Gasteiger partial charge on any atom is -0.388 e. The standard InChI is InChI=1S/C18H20N2O/c1-19-16-11-9-15(10-12-16)18(21)20-13-5-4-7-14-6-2-3-8-17(14)20/h2-3,6,8-12,19H,4-5,7,13H2,1H3. The molecule has 3 rings (SSSR count). The van der Waals surface area contributed by atoms with Crippen LogP contribution in [0.1, 0.15) is 28.8 Å². The molecule has 1 aliphatic heterocycles. The Morgan fingerprint density at radius 3 is 2.57 bits per heavy atom. The molecule has 0 bridgehead atoms. The highest BCUT2D eigenvalue weighted by Crippen LogP contribution is 2.27. The molecular formula is C18H20N2O. The summed E-state index contributed by atoms with van der Waals surface area (Å²) in [6, 6.07) is 15.9. The molecule has 0 unspecified atom stereocenters. The lowest BCUT2D eigenvalue weighted by atomic mass is 10.1. The zero-order valence-electron chi connectivity index (χ0n) is 12.3. The number of carbonyl (C=O) groups is 1. The Hall–Kier alpha value is -2.29. The summed E-state index contributed by atoms with van der Waals surface area (Å²) in [5.41, 5.74) is 4.10. The normalized spacial score (nSPS) is 14.2. The van der Waals surface area contributed by atoms with Crippen molar-refractivity contribution in [2.45, 2.75) is 19.3 Å². The Bertz CT molecular complexity index is 634. The van der Waals surface area contributed by atoms with Crippen LogP contribution >= 0.6 is 0 Å². The number of carbonyl (C=O) groups excluding carboxylic acids is 1. The summed E-state index contributed by atoms with van der Waals surface area (Å²) < 4.78 is 0. The molecule has 0 atom stereocenters. The minimum atomic E-state index is 0.0898. The monoisotopic (exact) mass is 280 g/mol. The highest BCUT2D eigenvalue weighted by Gasteiger charge is 2.21. The van der Waals surface area contributed by atoms with Crippen molar-refractivity contribution < 1.29 is 4.79 Å². The van der Waals surface area contributed by atoms with E-state index in [1.807, 2.05) is 42.3 Å². The molecular weight excluding hydrogens is 260 g/mol. The average Bonchev–Trinajstić information content (AvgIpc) is 2.77. The Morgan fingerprint density at radius 2 is 1.81 bits per heavy atom. The van der Waals surface area contributed by atoms with E-state index in [9.17, 15) is 4.79 Å². The smallest absolute Gasteiger partial charge is 0.258 e. The molecule has 0 radical (unpaired) electrons. The van der Waals surface area contributed by atoms with Crippen LogP contribution in [0.3, 0.4) is 0 Å². The van der Waals surface area contributed by atoms with Crippen molar-refractivity contribution in [3.63, 3.8) is 0 Å². The third kappa shape index (κ3) is 2.77. The lowest BCUT2D eigenvalue weighted by molar-refractivity contribution is 0.0987. The topological polar surface area (TPSA) is 32.3 Å². The molecule has 0 spiro atoms. The van der Waals surface area contributed by atoms with Crippen LogP contribution in [-0.4, -0.2) is 19.5 Å². The van der Waals surface area contributed by atoms with E-state index in [-0.39, 0.29) is 5.91 Å². The number of nitrogens with zero attached hydrogens (tertiary/aromatic N) is 1. The lowest BCUT2D eigenvalue weighted by Crippen LogP contribution is -2.31. The third-order valence-corrected chi connectivity index (χ3v) is 4.03. The summed E-state index contributed by atoms with van der Waals surface area (Å²) in [4.78, 5) is 14.7. The summed E-state index contributed by atoms with van der Waals surface area (Å²) in [6.07, 6.45) is 3.24. The molecule has 3 nitrogen and oxygen atoms in total. The molecule has 0 fully saturated rings. The van der Waals surface area contributed by atoms with E-state index in [2.05, 4.69) is 23.5 Å². The fourth-order valence-corrected chi connectivity index (χ4v) is 2.84. The number of para-hydroxylation sites is 1. The maximum absolute atomic E-state index is 12.8. The molecule has 1 amide bonds. The van der Waals surface area contributed by atoms with Crippen molar-refractivity contribution >= 4 is 17.3 Å². The van der Waals surface area contributed by atoms with Gasteiger partial charge in [0.15, 0.2) is 0 Å². The molecule has 0 saturated carbocycles. The number of anilines is 2. The molecule has 1 heterocycles. The predicted octanol–water partition coefficient (Wildman–Crippen LogP) is 3.71. The SMILES string of the molecule is CNc1ccc(C(=O)N2CCCCc3ccccc32)cc1. The zero-order chi connectivity index (χ0) is 14.7. The van der Waals surface area contributed by atoms with Gasteiger partial charge in [0.1, 0.15) is 0 Å². The van der Waals surface area contributed by atoms with Crippen LogP contribution < -0.4 is 10.2 Å². The van der Waals surface area contributed by atoms with Crippen molar-refractivity contribution in [1.29, 1.82) is 0 Å². The Kier molecular flexibility index (Phi) is 3.91. The van der Waals surface area contributed by atoms with Crippen LogP contribution in [0.2, 0.25) is 0 Å².